The van der Waals surface area contributed by atoms with Crippen LogP contribution in [0, 0.1) is 0 Å². The molecule has 8 nitrogen and oxygen atoms in total. The van der Waals surface area contributed by atoms with Gasteiger partial charge in [-0.2, -0.15) is 0 Å². The number of carbonyl (C=O) groups is 4. The molecule has 73 heavy (non-hydrogen) atoms. The number of carboxylic acid groups (broad SMARTS) is 4. The molecule has 0 heterocycles. The summed E-state index contributed by atoms with van der Waals surface area (Å²) in [6, 6.07) is 0. The second-order valence-electron chi connectivity index (χ2n) is 21.5. The molecule has 0 N–H and O–H groups in total. The minimum Gasteiger partial charge on any atom is -0.550 e. The van der Waals surface area contributed by atoms with Crippen LogP contribution in [0.3, 0.4) is 0 Å². The normalized spacial score (nSPS) is 10.6. The van der Waals surface area contributed by atoms with Gasteiger partial charge in [0, 0.05) is 23.9 Å². The monoisotopic (exact) mass is 1070 g/mol. The van der Waals surface area contributed by atoms with E-state index in [1.807, 2.05) is 0 Å². The van der Waals surface area contributed by atoms with Gasteiger partial charge in [-0.25, -0.2) is 0 Å². The predicted octanol–water partition coefficient (Wildman–Crippen LogP) is 16.9. The fraction of sp³-hybridized carbons (Fsp3) is 0.938. The zero-order chi connectivity index (χ0) is 53.9. The summed E-state index contributed by atoms with van der Waals surface area (Å²) in [4.78, 5) is 40.8. The third kappa shape index (κ3) is 96.7. The molecule has 0 aromatic rings. The van der Waals surface area contributed by atoms with E-state index in [4.69, 9.17) is 0 Å². The summed E-state index contributed by atoms with van der Waals surface area (Å²) in [6.45, 7) is 9.03. The largest absolute Gasteiger partial charge is 4.00 e. The van der Waals surface area contributed by atoms with Crippen molar-refractivity contribution in [3.05, 3.63) is 0 Å². The summed E-state index contributed by atoms with van der Waals surface area (Å²) >= 11 is 0. The Morgan fingerprint density at radius 3 is 0.342 bits per heavy atom. The third-order valence-electron chi connectivity index (χ3n) is 13.9. The zero-order valence-corrected chi connectivity index (χ0v) is 50.9. The fourth-order valence-electron chi connectivity index (χ4n) is 9.15. The Hall–Kier alpha value is -1.41. The summed E-state index contributed by atoms with van der Waals surface area (Å²) < 4.78 is 0. The van der Waals surface area contributed by atoms with Crippen molar-refractivity contribution in [2.24, 2.45) is 0 Å². The van der Waals surface area contributed by atoms with Crippen LogP contribution >= 0.6 is 0 Å². The van der Waals surface area contributed by atoms with Gasteiger partial charge in [-0.15, -0.1) is 0 Å². The molecule has 0 amide bonds. The van der Waals surface area contributed by atoms with E-state index in [9.17, 15) is 39.6 Å². The average Bonchev–Trinajstić information content (AvgIpc) is 3.35. The topological polar surface area (TPSA) is 161 Å². The first-order valence-electron chi connectivity index (χ1n) is 31.9. The molecule has 0 atom stereocenters. The van der Waals surface area contributed by atoms with Crippen LogP contribution in [0.15, 0.2) is 0 Å². The molecule has 0 bridgehead atoms. The summed E-state index contributed by atoms with van der Waals surface area (Å²) in [5.74, 6) is -3.62. The van der Waals surface area contributed by atoms with Gasteiger partial charge in [0.2, 0.25) is 0 Å². The van der Waals surface area contributed by atoms with Crippen LogP contribution in [0.2, 0.25) is 0 Å². The van der Waals surface area contributed by atoms with Gasteiger partial charge in [0.25, 0.3) is 0 Å². The van der Waals surface area contributed by atoms with Crippen LogP contribution in [0.1, 0.15) is 387 Å². The Morgan fingerprint density at radius 2 is 0.260 bits per heavy atom. The van der Waals surface area contributed by atoms with Crippen LogP contribution in [0.4, 0.5) is 0 Å². The Labute approximate surface area is 470 Å². The molecule has 0 saturated heterocycles. The summed E-state index contributed by atoms with van der Waals surface area (Å²) in [5.41, 5.74) is 0. The van der Waals surface area contributed by atoms with Crippen molar-refractivity contribution < 1.29 is 61.3 Å². The molecule has 0 aliphatic rings. The van der Waals surface area contributed by atoms with Crippen molar-refractivity contribution in [3.8, 4) is 0 Å². The second-order valence-corrected chi connectivity index (χ2v) is 21.5. The summed E-state index contributed by atoms with van der Waals surface area (Å²) in [7, 11) is 0. The van der Waals surface area contributed by atoms with Crippen LogP contribution < -0.4 is 20.4 Å². The Bertz CT molecular complexity index is 879. The molecule has 0 fully saturated rings. The fourth-order valence-corrected chi connectivity index (χ4v) is 9.15. The molecule has 0 saturated carbocycles. The number of hydrogen-bond acceptors (Lipinski definition) is 8. The van der Waals surface area contributed by atoms with E-state index in [2.05, 4.69) is 27.7 Å². The van der Waals surface area contributed by atoms with Crippen molar-refractivity contribution in [2.75, 3.05) is 0 Å². The molecule has 0 unspecified atom stereocenters. The molecule has 0 aromatic carbocycles. The first-order chi connectivity index (χ1) is 35.1. The standard InChI is InChI=1S/4C16H32O2.Ti/c4*1-2-3-4-5-6-7-8-9-10-11-12-13-14-15-16(17)18;/h4*2-15H2,1H3,(H,17,18);/q;;;;+4/p-4. The quantitative estimate of drug-likeness (QED) is 0.0430. The Kier molecular flexibility index (Phi) is 85.0. The van der Waals surface area contributed by atoms with E-state index in [-0.39, 0.29) is 47.4 Å². The molecule has 0 aromatic heterocycles. The third-order valence-corrected chi connectivity index (χ3v) is 13.9. The number of hydrogen-bond donors (Lipinski definition) is 0. The number of carbonyl (C=O) groups excluding carboxylic acids is 4. The minimum atomic E-state index is -0.905. The minimum absolute atomic E-state index is 0. The van der Waals surface area contributed by atoms with Crippen LogP contribution in [-0.4, -0.2) is 23.9 Å². The van der Waals surface area contributed by atoms with Gasteiger partial charge < -0.3 is 39.6 Å². The smallest absolute Gasteiger partial charge is 0.550 e. The molecular weight excluding hydrogens is 945 g/mol. The van der Waals surface area contributed by atoms with Crippen LogP contribution in [-0.2, 0) is 40.9 Å². The number of aliphatic carboxylic acids is 4. The van der Waals surface area contributed by atoms with E-state index in [0.29, 0.717) is 0 Å². The van der Waals surface area contributed by atoms with Crippen molar-refractivity contribution in [2.45, 2.75) is 387 Å². The molecule has 0 rings (SSSR count). The van der Waals surface area contributed by atoms with Crippen LogP contribution in [0.25, 0.3) is 0 Å². The number of carboxylic acids is 4. The second kappa shape index (κ2) is 77.1. The van der Waals surface area contributed by atoms with Crippen LogP contribution in [0.5, 0.6) is 0 Å². The number of rotatable bonds is 56. The van der Waals surface area contributed by atoms with E-state index >= 15 is 0 Å². The van der Waals surface area contributed by atoms with Gasteiger partial charge >= 0.3 is 21.7 Å². The maximum absolute atomic E-state index is 10.2. The van der Waals surface area contributed by atoms with Crippen molar-refractivity contribution in [1.29, 1.82) is 0 Å². The van der Waals surface area contributed by atoms with Gasteiger partial charge in [0.15, 0.2) is 0 Å². The maximum atomic E-state index is 10.2. The first kappa shape index (κ1) is 80.5. The maximum Gasteiger partial charge on any atom is 4.00 e. The van der Waals surface area contributed by atoms with Gasteiger partial charge in [0.05, 0.1) is 0 Å². The summed E-state index contributed by atoms with van der Waals surface area (Å²) in [6.07, 6.45) is 67.7. The van der Waals surface area contributed by atoms with Gasteiger partial charge in [-0.1, -0.05) is 336 Å². The number of unbranched alkanes of at least 4 members (excludes halogenated alkanes) is 48. The van der Waals surface area contributed by atoms with Gasteiger partial charge in [-0.3, -0.25) is 0 Å². The van der Waals surface area contributed by atoms with Crippen molar-refractivity contribution in [3.63, 3.8) is 0 Å². The SMILES string of the molecule is CCCCCCCCCCCCCCCC(=O)[O-].CCCCCCCCCCCCCCCC(=O)[O-].CCCCCCCCCCCCCCCC(=O)[O-].CCCCCCCCCCCCCCCC(=O)[O-].[Ti+4]. The molecule has 0 radical (unpaired) electrons. The van der Waals surface area contributed by atoms with Crippen molar-refractivity contribution >= 4 is 23.9 Å². The molecule has 432 valence electrons. The van der Waals surface area contributed by atoms with Gasteiger partial charge in [0.1, 0.15) is 0 Å². The molecule has 0 aliphatic heterocycles. The van der Waals surface area contributed by atoms with E-state index in [1.54, 1.807) is 0 Å². The molecule has 0 aliphatic carbocycles. The zero-order valence-electron chi connectivity index (χ0n) is 49.4. The average molecular weight is 1070 g/mol. The molecule has 0 spiro atoms. The Morgan fingerprint density at radius 1 is 0.178 bits per heavy atom. The molecular formula is C64H124O8Ti. The van der Waals surface area contributed by atoms with E-state index < -0.39 is 23.9 Å². The Balaban J connectivity index is -0.000000280. The van der Waals surface area contributed by atoms with Gasteiger partial charge in [-0.05, 0) is 51.4 Å². The predicted molar refractivity (Wildman–Crippen MR) is 301 cm³/mol. The van der Waals surface area contributed by atoms with E-state index in [0.717, 1.165) is 51.4 Å². The summed E-state index contributed by atoms with van der Waals surface area (Å²) in [5, 5.41) is 40.8. The first-order valence-corrected chi connectivity index (χ1v) is 31.9. The molecule has 9 heteroatoms. The van der Waals surface area contributed by atoms with Crippen molar-refractivity contribution in [1.82, 2.24) is 0 Å². The van der Waals surface area contributed by atoms with E-state index in [1.165, 1.54) is 283 Å².